The summed E-state index contributed by atoms with van der Waals surface area (Å²) in [4.78, 5) is 17.7. The minimum absolute atomic E-state index is 0.264. The van der Waals surface area contributed by atoms with Gasteiger partial charge >= 0.3 is 6.09 Å². The predicted molar refractivity (Wildman–Crippen MR) is 94.7 cm³/mol. The van der Waals surface area contributed by atoms with Gasteiger partial charge in [0.15, 0.2) is 5.15 Å². The van der Waals surface area contributed by atoms with Gasteiger partial charge in [0.1, 0.15) is 11.4 Å². The topological polar surface area (TPSA) is 73.1 Å². The first kappa shape index (κ1) is 17.4. The van der Waals surface area contributed by atoms with Gasteiger partial charge in [-0.05, 0) is 37.5 Å². The number of rotatable bonds is 4. The van der Waals surface area contributed by atoms with Crippen molar-refractivity contribution in [3.63, 3.8) is 0 Å². The first-order valence-corrected chi connectivity index (χ1v) is 8.64. The van der Waals surface area contributed by atoms with E-state index in [1.165, 1.54) is 0 Å². The highest BCUT2D eigenvalue weighted by atomic mass is 35.5. The Labute approximate surface area is 151 Å². The lowest BCUT2D eigenvalue weighted by molar-refractivity contribution is 0.106. The van der Waals surface area contributed by atoms with E-state index in [2.05, 4.69) is 15.3 Å². The van der Waals surface area contributed by atoms with E-state index >= 15 is 0 Å². The molecule has 0 atom stereocenters. The number of amides is 1. The molecule has 25 heavy (non-hydrogen) atoms. The van der Waals surface area contributed by atoms with E-state index in [0.717, 1.165) is 23.4 Å². The molecule has 1 aliphatic rings. The lowest BCUT2D eigenvalue weighted by atomic mass is 10.0. The van der Waals surface area contributed by atoms with Crippen LogP contribution < -0.4 is 0 Å². The number of pyridine rings is 1. The largest absolute Gasteiger partial charge is 0.449 e. The molecule has 0 N–H and O–H groups in total. The summed E-state index contributed by atoms with van der Waals surface area (Å²) < 4.78 is 6.86. The molecule has 0 spiro atoms. The van der Waals surface area contributed by atoms with Crippen LogP contribution in [0.1, 0.15) is 31.2 Å². The van der Waals surface area contributed by atoms with Gasteiger partial charge in [-0.3, -0.25) is 0 Å². The van der Waals surface area contributed by atoms with E-state index < -0.39 is 0 Å². The van der Waals surface area contributed by atoms with Gasteiger partial charge in [-0.25, -0.2) is 14.5 Å². The van der Waals surface area contributed by atoms with Crippen molar-refractivity contribution in [2.75, 3.05) is 19.7 Å². The second-order valence-electron chi connectivity index (χ2n) is 5.79. The van der Waals surface area contributed by atoms with Crippen LogP contribution in [0.15, 0.2) is 24.4 Å². The lowest BCUT2D eigenvalue weighted by Gasteiger charge is -2.25. The van der Waals surface area contributed by atoms with Crippen LogP contribution in [0, 0.1) is 6.92 Å². The van der Waals surface area contributed by atoms with Crippen molar-refractivity contribution in [3.05, 3.63) is 40.9 Å². The van der Waals surface area contributed by atoms with Gasteiger partial charge in [0.25, 0.3) is 0 Å². The summed E-state index contributed by atoms with van der Waals surface area (Å²) in [6.45, 7) is 5.49. The highest BCUT2D eigenvalue weighted by Gasteiger charge is 2.22. The Morgan fingerprint density at radius 3 is 2.96 bits per heavy atom. The van der Waals surface area contributed by atoms with Crippen LogP contribution in [0.2, 0.25) is 5.15 Å². The molecule has 3 heterocycles. The van der Waals surface area contributed by atoms with E-state index in [1.54, 1.807) is 15.8 Å². The third-order valence-electron chi connectivity index (χ3n) is 4.06. The molecule has 1 amide bonds. The quantitative estimate of drug-likeness (QED) is 0.781. The molecule has 2 aromatic rings. The molecular weight excluding hydrogens is 342 g/mol. The number of hydrogen-bond acceptors (Lipinski definition) is 5. The second-order valence-corrected chi connectivity index (χ2v) is 6.15. The Balaban J connectivity index is 1.77. The minimum Gasteiger partial charge on any atom is -0.449 e. The maximum atomic E-state index is 11.9. The van der Waals surface area contributed by atoms with E-state index in [1.807, 2.05) is 32.1 Å². The third-order valence-corrected chi connectivity index (χ3v) is 4.35. The number of aromatic nitrogens is 4. The predicted octanol–water partition coefficient (Wildman–Crippen LogP) is 3.26. The van der Waals surface area contributed by atoms with Crippen molar-refractivity contribution < 1.29 is 9.53 Å². The summed E-state index contributed by atoms with van der Waals surface area (Å²) in [7, 11) is 0. The van der Waals surface area contributed by atoms with Crippen molar-refractivity contribution in [2.24, 2.45) is 0 Å². The van der Waals surface area contributed by atoms with Crippen molar-refractivity contribution in [1.29, 1.82) is 0 Å². The van der Waals surface area contributed by atoms with Gasteiger partial charge in [-0.1, -0.05) is 29.8 Å². The number of halogens is 1. The maximum absolute atomic E-state index is 11.9. The summed E-state index contributed by atoms with van der Waals surface area (Å²) in [6, 6.07) is 3.66. The van der Waals surface area contributed by atoms with Gasteiger partial charge < -0.3 is 9.64 Å². The van der Waals surface area contributed by atoms with Gasteiger partial charge in [0, 0.05) is 19.3 Å². The molecule has 0 fully saturated rings. The Hall–Kier alpha value is -2.41. The number of nitrogens with zero attached hydrogens (tertiary/aromatic N) is 5. The summed E-state index contributed by atoms with van der Waals surface area (Å²) in [5, 5.41) is 8.89. The molecule has 0 saturated carbocycles. The molecule has 0 saturated heterocycles. The van der Waals surface area contributed by atoms with Gasteiger partial charge in [-0.2, -0.15) is 0 Å². The second kappa shape index (κ2) is 7.65. The van der Waals surface area contributed by atoms with E-state index in [9.17, 15) is 4.79 Å². The average molecular weight is 362 g/mol. The first-order chi connectivity index (χ1) is 12.1. The summed E-state index contributed by atoms with van der Waals surface area (Å²) >= 11 is 6.15. The zero-order valence-electron chi connectivity index (χ0n) is 14.3. The van der Waals surface area contributed by atoms with Crippen LogP contribution >= 0.6 is 11.6 Å². The molecule has 8 heteroatoms. The Bertz CT molecular complexity index is 802. The van der Waals surface area contributed by atoms with Gasteiger partial charge in [-0.15, -0.1) is 5.10 Å². The molecule has 0 aromatic carbocycles. The lowest BCUT2D eigenvalue weighted by Crippen LogP contribution is -2.35. The molecular formula is C17H20ClN5O2. The number of carbonyl (C=O) groups is 1. The Morgan fingerprint density at radius 1 is 1.44 bits per heavy atom. The molecule has 3 rings (SSSR count). The van der Waals surface area contributed by atoms with E-state index in [-0.39, 0.29) is 6.09 Å². The zero-order chi connectivity index (χ0) is 17.8. The fourth-order valence-corrected chi connectivity index (χ4v) is 2.92. The van der Waals surface area contributed by atoms with Crippen LogP contribution in [0.3, 0.4) is 0 Å². The van der Waals surface area contributed by atoms with Crippen LogP contribution in [0.25, 0.3) is 11.3 Å². The van der Waals surface area contributed by atoms with Gasteiger partial charge in [0.2, 0.25) is 0 Å². The summed E-state index contributed by atoms with van der Waals surface area (Å²) in [5.41, 5.74) is 3.48. The van der Waals surface area contributed by atoms with E-state index in [4.69, 9.17) is 16.3 Å². The normalized spacial score (nSPS) is 14.4. The molecule has 7 nitrogen and oxygen atoms in total. The fraction of sp³-hybridized carbons (Fsp3) is 0.412. The van der Waals surface area contributed by atoms with Crippen molar-refractivity contribution >= 4 is 23.3 Å². The summed E-state index contributed by atoms with van der Waals surface area (Å²) in [6.07, 6.45) is 4.90. The Kier molecular flexibility index (Phi) is 5.33. The average Bonchev–Trinajstić information content (AvgIpc) is 3.01. The molecule has 0 aliphatic carbocycles. The molecule has 132 valence electrons. The third kappa shape index (κ3) is 3.66. The monoisotopic (exact) mass is 361 g/mol. The van der Waals surface area contributed by atoms with Crippen LogP contribution in [-0.4, -0.2) is 50.7 Å². The fourth-order valence-electron chi connectivity index (χ4n) is 2.72. The van der Waals surface area contributed by atoms with Crippen molar-refractivity contribution in [2.45, 2.75) is 26.7 Å². The maximum Gasteiger partial charge on any atom is 0.410 e. The van der Waals surface area contributed by atoms with E-state index in [0.29, 0.717) is 37.0 Å². The molecule has 1 aliphatic heterocycles. The standard InChI is InChI=1S/C17H20ClN5O2/c1-3-11-25-17(24)22-9-6-13(7-10-22)15-12(2)23(21-20-15)14-5-4-8-19-16(14)18/h4-6,8H,3,7,9-11H2,1-2H3. The zero-order valence-corrected chi connectivity index (χ0v) is 15.0. The van der Waals surface area contributed by atoms with Gasteiger partial charge in [0.05, 0.1) is 12.3 Å². The number of ether oxygens (including phenoxy) is 1. The Morgan fingerprint density at radius 2 is 2.28 bits per heavy atom. The SMILES string of the molecule is CCCOC(=O)N1CC=C(c2nnn(-c3cccnc3Cl)c2C)CC1. The molecule has 0 radical (unpaired) electrons. The molecule has 0 bridgehead atoms. The van der Waals surface area contributed by atoms with Crippen molar-refractivity contribution in [1.82, 2.24) is 24.9 Å². The van der Waals surface area contributed by atoms with Crippen LogP contribution in [0.4, 0.5) is 4.79 Å². The summed E-state index contributed by atoms with van der Waals surface area (Å²) in [5.74, 6) is 0. The first-order valence-electron chi connectivity index (χ1n) is 8.26. The number of hydrogen-bond donors (Lipinski definition) is 0. The van der Waals surface area contributed by atoms with Crippen LogP contribution in [0.5, 0.6) is 0 Å². The molecule has 0 unspecified atom stereocenters. The number of carbonyl (C=O) groups excluding carboxylic acids is 1. The van der Waals surface area contributed by atoms with Crippen molar-refractivity contribution in [3.8, 4) is 5.69 Å². The minimum atomic E-state index is -0.264. The highest BCUT2D eigenvalue weighted by molar-refractivity contribution is 6.31. The smallest absolute Gasteiger partial charge is 0.410 e. The highest BCUT2D eigenvalue weighted by Crippen LogP contribution is 2.26. The van der Waals surface area contributed by atoms with Crippen LogP contribution in [-0.2, 0) is 4.74 Å². The molecule has 2 aromatic heterocycles.